The number of hydrogen-bond acceptors (Lipinski definition) is 16. The minimum Gasteiger partial charge on any atom is -0.790 e. The Hall–Kier alpha value is 7.63. The smallest absolute Gasteiger partial charge is 0.790 e. The Morgan fingerprint density at radius 3 is 1.54 bits per heavy atom. The molecule has 3 N–H and O–H groups in total. The van der Waals surface area contributed by atoms with Crippen molar-refractivity contribution >= 4 is 117 Å². The summed E-state index contributed by atoms with van der Waals surface area (Å²) in [7, 11) is 1.87. The van der Waals surface area contributed by atoms with Gasteiger partial charge in [0.05, 0.1) is 12.2 Å². The molecule has 0 aromatic carbocycles. The first-order chi connectivity index (χ1) is 18.6. The van der Waals surface area contributed by atoms with Gasteiger partial charge in [0.1, 0.15) is 0 Å². The summed E-state index contributed by atoms with van der Waals surface area (Å²) < 4.78 is 7.54. The number of ether oxygens (including phenoxy) is 1. The fourth-order valence-corrected chi connectivity index (χ4v) is 3.31. The fourth-order valence-electron chi connectivity index (χ4n) is 1.47. The predicted octanol–water partition coefficient (Wildman–Crippen LogP) is -20.2. The molecule has 2 unspecified atom stereocenters. The number of aryl methyl sites for hydroxylation is 1. The Balaban J connectivity index is -0.0000000413. The summed E-state index contributed by atoms with van der Waals surface area (Å²) in [6, 6.07) is 5.50. The van der Waals surface area contributed by atoms with Crippen molar-refractivity contribution in [2.75, 3.05) is 60.9 Å². The molecule has 0 spiro atoms. The van der Waals surface area contributed by atoms with Gasteiger partial charge in [-0.05, 0) is 11.2 Å². The van der Waals surface area contributed by atoms with Gasteiger partial charge in [0.25, 0.3) is 0 Å². The molecule has 46 heavy (non-hydrogen) atoms. The van der Waals surface area contributed by atoms with Crippen LogP contribution in [0.1, 0.15) is 0 Å². The van der Waals surface area contributed by atoms with Crippen molar-refractivity contribution in [1.82, 2.24) is 14.5 Å². The summed E-state index contributed by atoms with van der Waals surface area (Å²) in [6.07, 6.45) is 3.63. The summed E-state index contributed by atoms with van der Waals surface area (Å²) in [5.74, 6) is 3.34. The molecule has 0 radical (unpaired) electrons. The maximum Gasteiger partial charge on any atom is 1.00 e. The van der Waals surface area contributed by atoms with Crippen molar-refractivity contribution in [1.29, 1.82) is 0 Å². The van der Waals surface area contributed by atoms with Gasteiger partial charge >= 0.3 is 207 Å². The first kappa shape index (κ1) is 78.0. The summed E-state index contributed by atoms with van der Waals surface area (Å²) in [6.45, 7) is 2.41. The van der Waals surface area contributed by atoms with Crippen LogP contribution in [0.2, 0.25) is 0 Å². The number of thioether (sulfide) groups is 1. The minimum atomic E-state index is -0.789. The molecule has 3 rings (SSSR count). The van der Waals surface area contributed by atoms with Crippen molar-refractivity contribution in [3.05, 3.63) is 36.8 Å². The number of aliphatic hydroxyl groups excluding tert-OH is 3. The van der Waals surface area contributed by atoms with E-state index in [1.165, 1.54) is 0 Å². The number of hydrogen-bond donors (Lipinski definition) is 4. The third-order valence-electron chi connectivity index (χ3n) is 3.32. The second-order valence-electron chi connectivity index (χ2n) is 6.42. The zero-order valence-electron chi connectivity index (χ0n) is 28.4. The maximum atomic E-state index is 8.73. The number of imidazole rings is 1. The minimum absolute atomic E-state index is 0. The van der Waals surface area contributed by atoms with Crippen LogP contribution in [0, 0.1) is 0 Å². The van der Waals surface area contributed by atoms with E-state index in [1.54, 1.807) is 34.8 Å². The van der Waals surface area contributed by atoms with Gasteiger partial charge < -0.3 is 118 Å². The molecule has 0 amide bonds. The SMILES string of the molecule is Cn1ccnc1[S-].OC(C[S-])C(O)CS.OCC[S-].[Na+].[Na+].[Na+].[Na+].[Na+].[Na+].[Na+].[S-]C1=NCCS1.[S-]CCOCC[S-].[S-]c1ccccn1. The van der Waals surface area contributed by atoms with Crippen LogP contribution in [0.3, 0.4) is 0 Å². The maximum absolute atomic E-state index is 8.73. The molecule has 228 valence electrons. The second-order valence-corrected chi connectivity index (χ2v) is 10.9. The molecule has 0 aliphatic carbocycles. The van der Waals surface area contributed by atoms with E-state index in [1.807, 2.05) is 25.4 Å². The standard InChI is InChI=1S/C5H5NS.C4H6N2S.C4H10O2S2.C4H10OS2.C3H5NS2.C2H6OS.7Na/c7-5-3-1-2-4-6-5;1-6-3-2-5-4(6)7;5-3(1-7)4(6)2-8;6-3-1-5-2-4-7;5-3-4-1-2-6-3;3-1-2-4;;;;;;;/h1-4H,(H,6,7);2-3H,1H3,(H,5,7);3-8H,1-2H2;6-7H,1-4H2;1-2H2,(H,4,5);3-4H,1-2H2;;;;;;;/q;;;;;;7*+1/p-7. The van der Waals surface area contributed by atoms with Crippen molar-refractivity contribution in [2.24, 2.45) is 12.0 Å². The van der Waals surface area contributed by atoms with Crippen molar-refractivity contribution < 1.29 is 227 Å². The van der Waals surface area contributed by atoms with Crippen LogP contribution in [0.15, 0.2) is 52.0 Å². The fraction of sp³-hybridized carbons (Fsp3) is 0.591. The quantitative estimate of drug-likeness (QED) is 0.0873. The van der Waals surface area contributed by atoms with Gasteiger partial charge in [-0.3, -0.25) is 9.97 Å². The van der Waals surface area contributed by atoms with Crippen LogP contribution in [0.25, 0.3) is 0 Å². The third kappa shape index (κ3) is 63.6. The Labute approximate surface area is 480 Å². The molecule has 0 saturated heterocycles. The molecule has 2 atom stereocenters. The van der Waals surface area contributed by atoms with E-state index in [0.717, 1.165) is 16.7 Å². The van der Waals surface area contributed by atoms with E-state index >= 15 is 0 Å². The molecule has 1 aliphatic rings. The van der Waals surface area contributed by atoms with Crippen LogP contribution in [-0.4, -0.2) is 107 Å². The van der Waals surface area contributed by atoms with E-state index in [2.05, 4.69) is 78.1 Å². The summed E-state index contributed by atoms with van der Waals surface area (Å²) in [5.41, 5.74) is 0. The number of rotatable bonds is 8. The Morgan fingerprint density at radius 1 is 0.870 bits per heavy atom. The number of aromatic nitrogens is 3. The Bertz CT molecular complexity index is 779. The summed E-state index contributed by atoms with van der Waals surface area (Å²) in [5, 5.41) is 26.5. The molecule has 2 aromatic heterocycles. The van der Waals surface area contributed by atoms with Gasteiger partial charge in [0.15, 0.2) is 0 Å². The third-order valence-corrected chi connectivity index (χ3v) is 6.43. The van der Waals surface area contributed by atoms with Crippen molar-refractivity contribution in [2.45, 2.75) is 22.4 Å². The van der Waals surface area contributed by atoms with Gasteiger partial charge in [-0.25, -0.2) is 0 Å². The summed E-state index contributed by atoms with van der Waals surface area (Å²) in [4.78, 5) is 11.5. The van der Waals surface area contributed by atoms with Gasteiger partial charge in [-0.1, -0.05) is 21.5 Å². The predicted molar refractivity (Wildman–Crippen MR) is 184 cm³/mol. The molecule has 8 nitrogen and oxygen atoms in total. The van der Waals surface area contributed by atoms with E-state index in [0.29, 0.717) is 40.7 Å². The largest absolute Gasteiger partial charge is 1.00 e. The molecule has 0 bridgehead atoms. The zero-order valence-corrected chi connectivity index (χ0v) is 49.9. The average molecular weight is 869 g/mol. The van der Waals surface area contributed by atoms with Gasteiger partial charge in [-0.15, -0.1) is 17.5 Å². The number of aliphatic hydroxyl groups is 3. The number of thiol groups is 1. The topological polar surface area (TPSA) is 113 Å². The molecule has 0 saturated carbocycles. The van der Waals surface area contributed by atoms with Crippen LogP contribution >= 0.6 is 24.4 Å². The van der Waals surface area contributed by atoms with E-state index < -0.39 is 12.2 Å². The first-order valence-electron chi connectivity index (χ1n) is 11.2. The van der Waals surface area contributed by atoms with Crippen LogP contribution < -0.4 is 207 Å². The van der Waals surface area contributed by atoms with E-state index in [4.69, 9.17) is 57.9 Å². The van der Waals surface area contributed by atoms with E-state index in [9.17, 15) is 0 Å². The van der Waals surface area contributed by atoms with Crippen molar-refractivity contribution in [3.63, 3.8) is 0 Å². The molecule has 0 fully saturated rings. The Morgan fingerprint density at radius 2 is 1.39 bits per heavy atom. The molecular formula is C22H35N4Na7O4S9. The molecule has 1 aliphatic heterocycles. The number of pyridine rings is 1. The number of nitrogens with zero attached hydrogens (tertiary/aromatic N) is 4. The van der Waals surface area contributed by atoms with Gasteiger partial charge in [0, 0.05) is 63.5 Å². The van der Waals surface area contributed by atoms with Crippen LogP contribution in [0.5, 0.6) is 0 Å². The van der Waals surface area contributed by atoms with Gasteiger partial charge in [0.2, 0.25) is 0 Å². The first-order valence-corrected chi connectivity index (χ1v) is 16.3. The summed E-state index contributed by atoms with van der Waals surface area (Å²) >= 11 is 37.6. The van der Waals surface area contributed by atoms with Gasteiger partial charge in [-0.2, -0.15) is 29.9 Å². The molecule has 3 heterocycles. The molecular weight excluding hydrogens is 834 g/mol. The van der Waals surface area contributed by atoms with Crippen molar-refractivity contribution in [3.8, 4) is 0 Å². The van der Waals surface area contributed by atoms with Crippen LogP contribution in [0.4, 0.5) is 0 Å². The normalized spacial score (nSPS) is 10.7. The second kappa shape index (κ2) is 64.5. The molecule has 24 heteroatoms. The Kier molecular flexibility index (Phi) is 109. The zero-order chi connectivity index (χ0) is 30.3. The monoisotopic (exact) mass is 868 g/mol. The molecule has 2 aromatic rings. The number of aliphatic imine (C=N–C) groups is 1. The average Bonchev–Trinajstić information content (AvgIpc) is 3.59. The van der Waals surface area contributed by atoms with Crippen LogP contribution in [-0.2, 0) is 100 Å². The van der Waals surface area contributed by atoms with E-state index in [-0.39, 0.29) is 225 Å².